The largest absolute Gasteiger partial charge is 0.494 e. The lowest BCUT2D eigenvalue weighted by atomic mass is 10.1. The monoisotopic (exact) mass is 327 g/mol. The second kappa shape index (κ2) is 7.21. The van der Waals surface area contributed by atoms with Crippen LogP contribution in [-0.4, -0.2) is 59.4 Å². The Morgan fingerprint density at radius 3 is 2.17 bits per heavy atom. The summed E-state index contributed by atoms with van der Waals surface area (Å²) in [5, 5.41) is 0. The van der Waals surface area contributed by atoms with Gasteiger partial charge in [0.25, 0.3) is 11.8 Å². The van der Waals surface area contributed by atoms with Gasteiger partial charge in [0.15, 0.2) is 0 Å². The molecule has 1 aromatic heterocycles. The molecule has 0 bridgehead atoms. The van der Waals surface area contributed by atoms with Crippen molar-refractivity contribution in [2.75, 3.05) is 32.8 Å². The molecule has 3 rings (SSSR count). The van der Waals surface area contributed by atoms with Crippen molar-refractivity contribution in [3.05, 3.63) is 53.9 Å². The third-order valence-corrected chi connectivity index (χ3v) is 4.09. The van der Waals surface area contributed by atoms with E-state index in [2.05, 4.69) is 4.98 Å². The van der Waals surface area contributed by atoms with Gasteiger partial charge in [-0.05, 0) is 43.3 Å². The zero-order valence-electron chi connectivity index (χ0n) is 13.7. The molecule has 0 unspecified atom stereocenters. The number of hydrogen-bond donors (Lipinski definition) is 1. The molecule has 0 saturated carbocycles. The molecule has 6 nitrogen and oxygen atoms in total. The molecule has 1 aliphatic heterocycles. The number of aromatic nitrogens is 1. The van der Waals surface area contributed by atoms with Crippen LogP contribution in [0.2, 0.25) is 0 Å². The van der Waals surface area contributed by atoms with Crippen LogP contribution >= 0.6 is 0 Å². The average Bonchev–Trinajstić information content (AvgIpc) is 3.16. The summed E-state index contributed by atoms with van der Waals surface area (Å²) in [7, 11) is 0. The van der Waals surface area contributed by atoms with E-state index in [1.54, 1.807) is 40.3 Å². The number of carbonyl (C=O) groups excluding carboxylic acids is 2. The third-order valence-electron chi connectivity index (χ3n) is 4.09. The predicted octanol–water partition coefficient (Wildman–Crippen LogP) is 2.01. The third kappa shape index (κ3) is 3.42. The van der Waals surface area contributed by atoms with Gasteiger partial charge in [-0.15, -0.1) is 0 Å². The van der Waals surface area contributed by atoms with Crippen molar-refractivity contribution in [3.63, 3.8) is 0 Å². The molecule has 24 heavy (non-hydrogen) atoms. The number of H-pyrrole nitrogens is 1. The van der Waals surface area contributed by atoms with Crippen LogP contribution in [0.25, 0.3) is 0 Å². The Hall–Kier alpha value is -2.76. The summed E-state index contributed by atoms with van der Waals surface area (Å²) in [6.45, 7) is 4.69. The van der Waals surface area contributed by atoms with Gasteiger partial charge < -0.3 is 19.5 Å². The molecule has 2 aromatic rings. The highest BCUT2D eigenvalue weighted by Crippen LogP contribution is 2.15. The maximum Gasteiger partial charge on any atom is 0.270 e. The lowest BCUT2D eigenvalue weighted by Gasteiger charge is -2.34. The molecule has 0 spiro atoms. The lowest BCUT2D eigenvalue weighted by Crippen LogP contribution is -2.50. The van der Waals surface area contributed by atoms with E-state index in [0.29, 0.717) is 44.0 Å². The van der Waals surface area contributed by atoms with Gasteiger partial charge in [-0.3, -0.25) is 9.59 Å². The molecule has 1 N–H and O–H groups in total. The highest BCUT2D eigenvalue weighted by atomic mass is 16.5. The molecule has 0 atom stereocenters. The first-order valence-electron chi connectivity index (χ1n) is 8.14. The molecule has 1 aliphatic rings. The van der Waals surface area contributed by atoms with Gasteiger partial charge in [-0.25, -0.2) is 0 Å². The molecule has 2 heterocycles. The number of benzene rings is 1. The Labute approximate surface area is 141 Å². The predicted molar refractivity (Wildman–Crippen MR) is 90.2 cm³/mol. The Morgan fingerprint density at radius 2 is 1.62 bits per heavy atom. The van der Waals surface area contributed by atoms with Crippen LogP contribution in [0.1, 0.15) is 27.8 Å². The van der Waals surface area contributed by atoms with Crippen molar-refractivity contribution in [1.29, 1.82) is 0 Å². The summed E-state index contributed by atoms with van der Waals surface area (Å²) in [4.78, 5) is 31.3. The normalized spacial score (nSPS) is 14.5. The number of amides is 2. The molecule has 0 radical (unpaired) electrons. The highest BCUT2D eigenvalue weighted by Gasteiger charge is 2.25. The van der Waals surface area contributed by atoms with Crippen LogP contribution in [0.15, 0.2) is 42.6 Å². The van der Waals surface area contributed by atoms with Crippen LogP contribution in [0.3, 0.4) is 0 Å². The minimum Gasteiger partial charge on any atom is -0.494 e. The van der Waals surface area contributed by atoms with Crippen molar-refractivity contribution in [2.24, 2.45) is 0 Å². The summed E-state index contributed by atoms with van der Waals surface area (Å²) in [6, 6.07) is 10.7. The number of hydrogen-bond acceptors (Lipinski definition) is 3. The quantitative estimate of drug-likeness (QED) is 0.934. The average molecular weight is 327 g/mol. The van der Waals surface area contributed by atoms with Crippen molar-refractivity contribution in [2.45, 2.75) is 6.92 Å². The van der Waals surface area contributed by atoms with Crippen molar-refractivity contribution in [3.8, 4) is 5.75 Å². The first-order valence-corrected chi connectivity index (χ1v) is 8.14. The van der Waals surface area contributed by atoms with Gasteiger partial charge >= 0.3 is 0 Å². The second-order valence-electron chi connectivity index (χ2n) is 5.63. The molecule has 126 valence electrons. The molecular formula is C18H21N3O3. The maximum atomic E-state index is 12.5. The number of rotatable bonds is 4. The molecule has 6 heteroatoms. The highest BCUT2D eigenvalue weighted by molar-refractivity contribution is 5.95. The zero-order chi connectivity index (χ0) is 16.9. The Bertz CT molecular complexity index is 687. The number of nitrogens with zero attached hydrogens (tertiary/aromatic N) is 2. The van der Waals surface area contributed by atoms with Crippen LogP contribution in [-0.2, 0) is 0 Å². The van der Waals surface area contributed by atoms with E-state index in [1.165, 1.54) is 0 Å². The number of nitrogens with one attached hydrogen (secondary N) is 1. The van der Waals surface area contributed by atoms with Crippen LogP contribution < -0.4 is 4.74 Å². The van der Waals surface area contributed by atoms with Crippen LogP contribution in [0, 0.1) is 0 Å². The molecular weight excluding hydrogens is 306 g/mol. The first-order chi connectivity index (χ1) is 11.7. The van der Waals surface area contributed by atoms with E-state index < -0.39 is 0 Å². The molecule has 2 amide bonds. The van der Waals surface area contributed by atoms with E-state index in [9.17, 15) is 9.59 Å². The van der Waals surface area contributed by atoms with Crippen molar-refractivity contribution >= 4 is 11.8 Å². The summed E-state index contributed by atoms with van der Waals surface area (Å²) >= 11 is 0. The lowest BCUT2D eigenvalue weighted by molar-refractivity contribution is 0.0532. The van der Waals surface area contributed by atoms with E-state index in [4.69, 9.17) is 4.74 Å². The number of aromatic amines is 1. The first kappa shape index (κ1) is 16.1. The Balaban J connectivity index is 1.57. The van der Waals surface area contributed by atoms with Gasteiger partial charge in [0.05, 0.1) is 6.61 Å². The molecule has 1 fully saturated rings. The van der Waals surface area contributed by atoms with Gasteiger partial charge in [0.2, 0.25) is 0 Å². The van der Waals surface area contributed by atoms with Crippen LogP contribution in [0.5, 0.6) is 5.75 Å². The maximum absolute atomic E-state index is 12.5. The fraction of sp³-hybridized carbons (Fsp3) is 0.333. The van der Waals surface area contributed by atoms with Gasteiger partial charge in [-0.1, -0.05) is 0 Å². The summed E-state index contributed by atoms with van der Waals surface area (Å²) in [5.74, 6) is 0.730. The molecule has 1 saturated heterocycles. The van der Waals surface area contributed by atoms with Crippen LogP contribution in [0.4, 0.5) is 0 Å². The number of ether oxygens (including phenoxy) is 1. The van der Waals surface area contributed by atoms with Gasteiger partial charge in [0.1, 0.15) is 11.4 Å². The van der Waals surface area contributed by atoms with E-state index in [-0.39, 0.29) is 11.8 Å². The topological polar surface area (TPSA) is 65.6 Å². The van der Waals surface area contributed by atoms with Crippen molar-refractivity contribution < 1.29 is 14.3 Å². The van der Waals surface area contributed by atoms with E-state index >= 15 is 0 Å². The Kier molecular flexibility index (Phi) is 4.84. The van der Waals surface area contributed by atoms with E-state index in [1.807, 2.05) is 19.1 Å². The van der Waals surface area contributed by atoms with Gasteiger partial charge in [-0.2, -0.15) is 0 Å². The standard InChI is InChI=1S/C18H21N3O3/c1-2-24-15-7-5-14(6-8-15)17(22)20-10-12-21(13-11-20)18(23)16-4-3-9-19-16/h3-9,19H,2,10-13H2,1H3. The zero-order valence-corrected chi connectivity index (χ0v) is 13.7. The van der Waals surface area contributed by atoms with E-state index in [0.717, 1.165) is 5.75 Å². The second-order valence-corrected chi connectivity index (χ2v) is 5.63. The van der Waals surface area contributed by atoms with Gasteiger partial charge in [0, 0.05) is 37.9 Å². The summed E-state index contributed by atoms with van der Waals surface area (Å²) in [6.07, 6.45) is 1.74. The fourth-order valence-corrected chi connectivity index (χ4v) is 2.79. The Morgan fingerprint density at radius 1 is 1.00 bits per heavy atom. The number of carbonyl (C=O) groups is 2. The molecule has 1 aromatic carbocycles. The fourth-order valence-electron chi connectivity index (χ4n) is 2.79. The van der Waals surface area contributed by atoms with Crippen molar-refractivity contribution in [1.82, 2.24) is 14.8 Å². The smallest absolute Gasteiger partial charge is 0.270 e. The minimum absolute atomic E-state index is 0.00924. The summed E-state index contributed by atoms with van der Waals surface area (Å²) in [5.41, 5.74) is 1.23. The summed E-state index contributed by atoms with van der Waals surface area (Å²) < 4.78 is 5.39. The number of piperazine rings is 1. The minimum atomic E-state index is -0.0202. The molecule has 0 aliphatic carbocycles. The SMILES string of the molecule is CCOc1ccc(C(=O)N2CCN(C(=O)c3ccc[nH]3)CC2)cc1.